The summed E-state index contributed by atoms with van der Waals surface area (Å²) in [7, 11) is 3.08. The fraction of sp³-hybridized carbons (Fsp3) is 0.873. The number of esters is 2. The minimum atomic E-state index is -1.76. The highest BCUT2D eigenvalue weighted by molar-refractivity contribution is 5.89. The molecule has 28 atom stereocenters. The maximum Gasteiger partial charge on any atom is 0.340 e. The van der Waals surface area contributed by atoms with Crippen LogP contribution in [0.3, 0.4) is 0 Å². The van der Waals surface area contributed by atoms with Crippen LogP contribution in [0.25, 0.3) is 0 Å². The molecule has 1 unspecified atom stereocenters. The molecule has 1 aromatic heterocycles. The van der Waals surface area contributed by atoms with Crippen molar-refractivity contribution in [1.29, 1.82) is 0 Å². The van der Waals surface area contributed by atoms with Gasteiger partial charge in [-0.15, -0.1) is 0 Å². The third kappa shape index (κ3) is 11.2. The number of hydrogen-bond donors (Lipinski definition) is 9. The van der Waals surface area contributed by atoms with E-state index in [0.717, 1.165) is 25.7 Å². The number of pyridine rings is 1. The van der Waals surface area contributed by atoms with E-state index in [9.17, 15) is 55.5 Å². The van der Waals surface area contributed by atoms with Crippen LogP contribution < -0.4 is 0 Å². The van der Waals surface area contributed by atoms with Gasteiger partial charge in [-0.25, -0.2) is 4.79 Å². The Morgan fingerprint density at radius 3 is 1.97 bits per heavy atom. The van der Waals surface area contributed by atoms with Crippen molar-refractivity contribution in [1.82, 2.24) is 4.98 Å². The van der Waals surface area contributed by atoms with Crippen LogP contribution in [0, 0.1) is 28.6 Å². The van der Waals surface area contributed by atoms with Gasteiger partial charge in [-0.1, -0.05) is 13.8 Å². The molecule has 79 heavy (non-hydrogen) atoms. The van der Waals surface area contributed by atoms with Gasteiger partial charge in [-0.2, -0.15) is 0 Å². The highest BCUT2D eigenvalue weighted by Crippen LogP contribution is 2.71. The Morgan fingerprint density at radius 2 is 1.35 bits per heavy atom. The minimum absolute atomic E-state index is 0.0429. The molecule has 8 fully saturated rings. The number of aliphatic hydroxyl groups is 9. The molecule has 0 radical (unpaired) electrons. The molecule has 448 valence electrons. The molecule has 0 amide bonds. The van der Waals surface area contributed by atoms with E-state index >= 15 is 0 Å². The monoisotopic (exact) mass is 1130 g/mol. The molecule has 0 bridgehead atoms. The summed E-state index contributed by atoms with van der Waals surface area (Å²) < 4.78 is 73.2. The van der Waals surface area contributed by atoms with E-state index in [1.165, 1.54) is 20.2 Å². The van der Waals surface area contributed by atoms with Crippen molar-refractivity contribution >= 4 is 11.9 Å². The summed E-state index contributed by atoms with van der Waals surface area (Å²) >= 11 is 0. The second-order valence-electron chi connectivity index (χ2n) is 24.0. The molecule has 4 aliphatic carbocycles. The number of nitrogens with zero attached hydrogens (tertiary/aromatic N) is 1. The zero-order chi connectivity index (χ0) is 57.1. The van der Waals surface area contributed by atoms with Gasteiger partial charge >= 0.3 is 11.9 Å². The zero-order valence-corrected chi connectivity index (χ0v) is 46.3. The summed E-state index contributed by atoms with van der Waals surface area (Å²) in [5.74, 6) is -1.21. The SMILES string of the molecule is CO[C@@H]1C[C@H](O[C@H]2CC[C@@]3(C)[C@@H](CC[C@@H]4[C@@H]3C[C@@H](OC(C)=O)[C@]3(C)[C@](O)(C(C)OC(=O)c5cccnc5)CC[C@]43O)C2)O[C@H](C)[C@H]1O[C@H]1C[C@@H](OC)[C@H](O[C@@H]2O[C@H](CO[C@@H]3O[C@H](CO)[C@@H](O)[C@H](O)[C@H]3O)[C@@H](O)[C@H](O)[C@H]2O)[C@@H](C)O1. The molecule has 4 saturated carbocycles. The normalized spacial score (nSPS) is 49.4. The smallest absolute Gasteiger partial charge is 0.340 e. The van der Waals surface area contributed by atoms with E-state index in [-0.39, 0.29) is 54.1 Å². The average Bonchev–Trinajstić information content (AvgIpc) is 2.68. The predicted molar refractivity (Wildman–Crippen MR) is 269 cm³/mol. The predicted octanol–water partition coefficient (Wildman–Crippen LogP) is 0.137. The van der Waals surface area contributed by atoms with Crippen molar-refractivity contribution in [3.05, 3.63) is 30.1 Å². The number of fused-ring (bicyclic) bond motifs is 5. The Bertz CT molecular complexity index is 2220. The summed E-state index contributed by atoms with van der Waals surface area (Å²) in [6.07, 6.45) is -15.2. The van der Waals surface area contributed by atoms with Crippen LogP contribution in [0.5, 0.6) is 0 Å². The van der Waals surface area contributed by atoms with Gasteiger partial charge in [0.15, 0.2) is 25.2 Å². The molecular formula is C55H85NO23. The fourth-order valence-corrected chi connectivity index (χ4v) is 15.3. The van der Waals surface area contributed by atoms with Crippen molar-refractivity contribution in [3.63, 3.8) is 0 Å². The van der Waals surface area contributed by atoms with Gasteiger partial charge in [-0.3, -0.25) is 9.78 Å². The summed E-state index contributed by atoms with van der Waals surface area (Å²) in [5.41, 5.74) is -4.52. The number of hydrogen-bond acceptors (Lipinski definition) is 24. The molecule has 5 heterocycles. The Labute approximate surface area is 460 Å². The van der Waals surface area contributed by atoms with Crippen LogP contribution in [0.2, 0.25) is 0 Å². The Morgan fingerprint density at radius 1 is 0.734 bits per heavy atom. The van der Waals surface area contributed by atoms with Gasteiger partial charge < -0.3 is 103 Å². The first-order valence-corrected chi connectivity index (χ1v) is 28.1. The van der Waals surface area contributed by atoms with Crippen molar-refractivity contribution < 1.29 is 112 Å². The highest BCUT2D eigenvalue weighted by Gasteiger charge is 2.77. The molecule has 8 aliphatic rings. The molecule has 24 heteroatoms. The Kier molecular flexibility index (Phi) is 18.6. The van der Waals surface area contributed by atoms with Crippen LogP contribution in [0.15, 0.2) is 24.5 Å². The Hall–Kier alpha value is -2.67. The van der Waals surface area contributed by atoms with E-state index < -0.39 is 165 Å². The maximum absolute atomic E-state index is 13.3. The van der Waals surface area contributed by atoms with E-state index in [1.54, 1.807) is 46.2 Å². The molecule has 24 nitrogen and oxygen atoms in total. The lowest BCUT2D eigenvalue weighted by Gasteiger charge is -2.66. The summed E-state index contributed by atoms with van der Waals surface area (Å²) in [6, 6.07) is 3.21. The molecule has 1 aromatic rings. The average molecular weight is 1130 g/mol. The maximum atomic E-state index is 13.3. The first kappa shape index (κ1) is 60.9. The zero-order valence-electron chi connectivity index (χ0n) is 46.3. The lowest BCUT2D eigenvalue weighted by Crippen LogP contribution is -2.72. The van der Waals surface area contributed by atoms with Crippen molar-refractivity contribution in [2.75, 3.05) is 27.4 Å². The van der Waals surface area contributed by atoms with E-state index in [4.69, 9.17) is 56.8 Å². The molecule has 0 aromatic carbocycles. The van der Waals surface area contributed by atoms with Gasteiger partial charge in [0.05, 0.1) is 60.3 Å². The third-order valence-electron chi connectivity index (χ3n) is 19.9. The number of rotatable bonds is 16. The summed E-state index contributed by atoms with van der Waals surface area (Å²) in [6.45, 7) is 9.46. The van der Waals surface area contributed by atoms with Gasteiger partial charge in [0.1, 0.15) is 78.8 Å². The van der Waals surface area contributed by atoms with Gasteiger partial charge in [0.2, 0.25) is 0 Å². The van der Waals surface area contributed by atoms with Gasteiger partial charge in [-0.05, 0) is 107 Å². The van der Waals surface area contributed by atoms with Crippen LogP contribution in [-0.4, -0.2) is 230 Å². The van der Waals surface area contributed by atoms with Crippen LogP contribution >= 0.6 is 0 Å². The quantitative estimate of drug-likeness (QED) is 0.0785. The number of aromatic nitrogens is 1. The third-order valence-corrected chi connectivity index (χ3v) is 19.9. The number of methoxy groups -OCH3 is 2. The largest absolute Gasteiger partial charge is 0.462 e. The van der Waals surface area contributed by atoms with Crippen molar-refractivity contribution in [2.24, 2.45) is 28.6 Å². The summed E-state index contributed by atoms with van der Waals surface area (Å²) in [5, 5.41) is 98.8. The van der Waals surface area contributed by atoms with Crippen LogP contribution in [-0.2, 0) is 61.6 Å². The van der Waals surface area contributed by atoms with E-state index in [1.807, 2.05) is 6.92 Å². The van der Waals surface area contributed by atoms with Crippen LogP contribution in [0.1, 0.15) is 116 Å². The number of ether oxygens (including phenoxy) is 12. The second-order valence-corrected chi connectivity index (χ2v) is 24.0. The highest BCUT2D eigenvalue weighted by atomic mass is 16.8. The first-order valence-electron chi connectivity index (χ1n) is 28.1. The van der Waals surface area contributed by atoms with Crippen molar-refractivity contribution in [3.8, 4) is 0 Å². The summed E-state index contributed by atoms with van der Waals surface area (Å²) in [4.78, 5) is 30.1. The molecule has 9 N–H and O–H groups in total. The molecular weight excluding hydrogens is 1040 g/mol. The van der Waals surface area contributed by atoms with Crippen molar-refractivity contribution in [2.45, 2.75) is 246 Å². The van der Waals surface area contributed by atoms with Gasteiger partial charge in [0, 0.05) is 46.4 Å². The standard InChI is InChI=1S/C55H85NO23/c1-25-47(78-40-21-35(69-8)48(26(2)72-40)79-51-46(64)44(62)42(60)37(77-51)24-70-50-45(63)43(61)41(59)36(23-57)76-50)34(68-7)20-39(71-25)75-31-13-14-52(5)30(18-31)11-12-32-33(52)19-38(74-28(4)58)53(6)54(66,15-16-55(32,53)67)27(3)73-49(65)29-10-9-17-56-22-29/h9-10,17,22,25-27,30-48,50-51,57,59-64,66-67H,11-16,18-21,23-24H2,1-8H3/t25-,26-,27?,30+,31+,32-,33+,34-,35-,36-,37-,38-,39+,40+,41-,42-,43+,44+,45-,46-,47-,48-,50-,51+,52+,53-,54-,55+/m1/s1. The minimum Gasteiger partial charge on any atom is -0.462 e. The molecule has 4 saturated heterocycles. The number of carbonyl (C=O) groups is 2. The molecule has 0 spiro atoms. The number of carbonyl (C=O) groups excluding carboxylic acids is 2. The fourth-order valence-electron chi connectivity index (χ4n) is 15.3. The topological polar surface area (TPSA) is 340 Å². The molecule has 4 aliphatic heterocycles. The lowest BCUT2D eigenvalue weighted by atomic mass is 9.42. The van der Waals surface area contributed by atoms with E-state index in [2.05, 4.69) is 11.9 Å². The first-order chi connectivity index (χ1) is 37.4. The van der Waals surface area contributed by atoms with Gasteiger partial charge in [0.25, 0.3) is 0 Å². The van der Waals surface area contributed by atoms with E-state index in [0.29, 0.717) is 19.3 Å². The van der Waals surface area contributed by atoms with Crippen LogP contribution in [0.4, 0.5) is 0 Å². The lowest BCUT2D eigenvalue weighted by molar-refractivity contribution is -0.360. The number of aliphatic hydroxyl groups excluding tert-OH is 7. The second kappa shape index (κ2) is 24.1. The Balaban J connectivity index is 0.791. The molecule has 9 rings (SSSR count).